The van der Waals surface area contributed by atoms with Gasteiger partial charge in [-0.1, -0.05) is 41.4 Å². The molecule has 2 saturated heterocycles. The molecule has 2 fully saturated rings. The molecule has 4 rings (SSSR count). The molecular formula is C24H26Cl2N4O4. The van der Waals surface area contributed by atoms with Gasteiger partial charge in [-0.25, -0.2) is 0 Å². The van der Waals surface area contributed by atoms with Crippen molar-refractivity contribution in [3.8, 4) is 5.75 Å². The van der Waals surface area contributed by atoms with Crippen LogP contribution in [0.4, 0.5) is 5.69 Å². The highest BCUT2D eigenvalue weighted by molar-refractivity contribution is 6.35. The molecule has 2 aromatic rings. The lowest BCUT2D eigenvalue weighted by atomic mass is 10.1. The maximum Gasteiger partial charge on any atom is 0.261 e. The minimum atomic E-state index is -0.870. The number of rotatable bonds is 6. The molecule has 1 atom stereocenters. The van der Waals surface area contributed by atoms with Crippen LogP contribution < -0.4 is 15.0 Å². The van der Waals surface area contributed by atoms with Gasteiger partial charge in [-0.15, -0.1) is 0 Å². The first-order valence-corrected chi connectivity index (χ1v) is 11.9. The van der Waals surface area contributed by atoms with Crippen LogP contribution in [0.5, 0.6) is 5.75 Å². The molecule has 2 aliphatic heterocycles. The third-order valence-electron chi connectivity index (χ3n) is 6.02. The third-order valence-corrected chi connectivity index (χ3v) is 6.55. The van der Waals surface area contributed by atoms with Crippen molar-refractivity contribution in [2.45, 2.75) is 12.5 Å². The van der Waals surface area contributed by atoms with E-state index in [1.807, 2.05) is 30.3 Å². The minimum Gasteiger partial charge on any atom is -0.482 e. The Bertz CT molecular complexity index is 1040. The molecule has 8 nitrogen and oxygen atoms in total. The van der Waals surface area contributed by atoms with E-state index in [9.17, 15) is 14.4 Å². The molecule has 34 heavy (non-hydrogen) atoms. The van der Waals surface area contributed by atoms with E-state index >= 15 is 0 Å². The number of halogens is 2. The van der Waals surface area contributed by atoms with Crippen LogP contribution in [0, 0.1) is 0 Å². The summed E-state index contributed by atoms with van der Waals surface area (Å²) < 4.78 is 5.55. The van der Waals surface area contributed by atoms with Crippen molar-refractivity contribution in [3.05, 3.63) is 58.6 Å². The number of hydrogen-bond donors (Lipinski definition) is 1. The van der Waals surface area contributed by atoms with Crippen LogP contribution in [0.15, 0.2) is 48.5 Å². The second-order valence-corrected chi connectivity index (χ2v) is 9.01. The normalized spacial score (nSPS) is 18.5. The predicted molar refractivity (Wildman–Crippen MR) is 130 cm³/mol. The lowest BCUT2D eigenvalue weighted by molar-refractivity contribution is -0.148. The predicted octanol–water partition coefficient (Wildman–Crippen LogP) is 2.44. The zero-order chi connectivity index (χ0) is 24.1. The van der Waals surface area contributed by atoms with Gasteiger partial charge >= 0.3 is 0 Å². The van der Waals surface area contributed by atoms with Crippen molar-refractivity contribution in [1.82, 2.24) is 15.1 Å². The molecule has 2 aliphatic rings. The number of carbonyl (C=O) groups is 3. The van der Waals surface area contributed by atoms with Crippen molar-refractivity contribution in [1.29, 1.82) is 0 Å². The van der Waals surface area contributed by atoms with E-state index in [0.717, 1.165) is 5.69 Å². The number of anilines is 1. The fourth-order valence-corrected chi connectivity index (χ4v) is 4.64. The molecule has 0 aliphatic carbocycles. The highest BCUT2D eigenvalue weighted by atomic mass is 35.5. The Balaban J connectivity index is 1.34. The highest BCUT2D eigenvalue weighted by Crippen LogP contribution is 2.27. The van der Waals surface area contributed by atoms with Crippen LogP contribution in [0.25, 0.3) is 0 Å². The van der Waals surface area contributed by atoms with Crippen molar-refractivity contribution in [2.24, 2.45) is 0 Å². The van der Waals surface area contributed by atoms with E-state index in [4.69, 9.17) is 27.9 Å². The highest BCUT2D eigenvalue weighted by Gasteiger charge is 2.36. The van der Waals surface area contributed by atoms with Gasteiger partial charge in [0.2, 0.25) is 11.8 Å². The molecule has 2 aromatic carbocycles. The number of para-hydroxylation sites is 1. The summed E-state index contributed by atoms with van der Waals surface area (Å²) in [5.74, 6) is -0.535. The van der Waals surface area contributed by atoms with Gasteiger partial charge < -0.3 is 24.8 Å². The first-order valence-electron chi connectivity index (χ1n) is 11.1. The Morgan fingerprint density at radius 2 is 1.71 bits per heavy atom. The fraction of sp³-hybridized carbons (Fsp3) is 0.375. The smallest absolute Gasteiger partial charge is 0.261 e. The van der Waals surface area contributed by atoms with Crippen LogP contribution in [-0.4, -0.2) is 79.4 Å². The van der Waals surface area contributed by atoms with Gasteiger partial charge in [-0.05, 0) is 30.3 Å². The number of ether oxygens (including phenoxy) is 1. The molecule has 3 amide bonds. The molecule has 0 bridgehead atoms. The number of nitrogens with one attached hydrogen (secondary N) is 1. The molecule has 0 unspecified atom stereocenters. The van der Waals surface area contributed by atoms with Gasteiger partial charge in [0.05, 0.1) is 11.4 Å². The number of benzene rings is 2. The van der Waals surface area contributed by atoms with E-state index in [1.54, 1.807) is 17.0 Å². The molecule has 0 aromatic heterocycles. The number of piperazine rings is 2. The van der Waals surface area contributed by atoms with Gasteiger partial charge in [-0.3, -0.25) is 14.4 Å². The summed E-state index contributed by atoms with van der Waals surface area (Å²) in [6.07, 6.45) is -0.0649. The van der Waals surface area contributed by atoms with Crippen LogP contribution in [0.3, 0.4) is 0 Å². The van der Waals surface area contributed by atoms with Gasteiger partial charge in [0.25, 0.3) is 5.91 Å². The molecule has 0 radical (unpaired) electrons. The van der Waals surface area contributed by atoms with E-state index in [0.29, 0.717) is 50.0 Å². The zero-order valence-electron chi connectivity index (χ0n) is 18.6. The molecule has 0 spiro atoms. The lowest BCUT2D eigenvalue weighted by Crippen LogP contribution is -2.60. The van der Waals surface area contributed by atoms with Gasteiger partial charge in [0.1, 0.15) is 11.8 Å². The maximum atomic E-state index is 13.0. The van der Waals surface area contributed by atoms with Gasteiger partial charge in [0.15, 0.2) is 6.61 Å². The zero-order valence-corrected chi connectivity index (χ0v) is 20.1. The topological polar surface area (TPSA) is 82.2 Å². The number of carbonyl (C=O) groups excluding carboxylic acids is 3. The van der Waals surface area contributed by atoms with Crippen molar-refractivity contribution < 1.29 is 19.1 Å². The summed E-state index contributed by atoms with van der Waals surface area (Å²) in [6.45, 7) is 2.89. The molecular weight excluding hydrogens is 479 g/mol. The summed E-state index contributed by atoms with van der Waals surface area (Å²) in [4.78, 5) is 43.9. The molecule has 2 heterocycles. The number of amides is 3. The minimum absolute atomic E-state index is 0.0649. The maximum absolute atomic E-state index is 13.0. The van der Waals surface area contributed by atoms with Gasteiger partial charge in [0, 0.05) is 50.0 Å². The largest absolute Gasteiger partial charge is 0.482 e. The Labute approximate surface area is 208 Å². The van der Waals surface area contributed by atoms with Gasteiger partial charge in [-0.2, -0.15) is 0 Å². The van der Waals surface area contributed by atoms with E-state index in [2.05, 4.69) is 10.2 Å². The Morgan fingerprint density at radius 3 is 2.41 bits per heavy atom. The van der Waals surface area contributed by atoms with E-state index in [1.165, 1.54) is 11.0 Å². The van der Waals surface area contributed by atoms with E-state index in [-0.39, 0.29) is 35.8 Å². The standard InChI is InChI=1S/C24H26Cl2N4O4/c25-17-6-7-21(19(26)14-17)34-16-23(32)30-9-8-27-24(33)20(30)15-22(31)29-12-10-28(11-13-29)18-4-2-1-3-5-18/h1-7,14,20H,8-13,15-16H2,(H,27,33)/t20-/m1/s1. The van der Waals surface area contributed by atoms with E-state index < -0.39 is 6.04 Å². The lowest BCUT2D eigenvalue weighted by Gasteiger charge is -2.38. The van der Waals surface area contributed by atoms with Crippen LogP contribution in [-0.2, 0) is 14.4 Å². The summed E-state index contributed by atoms with van der Waals surface area (Å²) in [6, 6.07) is 13.9. The third kappa shape index (κ3) is 5.74. The van der Waals surface area contributed by atoms with Crippen molar-refractivity contribution in [2.75, 3.05) is 50.8 Å². The average molecular weight is 505 g/mol. The summed E-state index contributed by atoms with van der Waals surface area (Å²) in [5.41, 5.74) is 1.12. The summed E-state index contributed by atoms with van der Waals surface area (Å²) in [7, 11) is 0. The Kier molecular flexibility index (Phi) is 7.80. The first-order chi connectivity index (χ1) is 16.4. The number of hydrogen-bond acceptors (Lipinski definition) is 5. The molecule has 180 valence electrons. The van der Waals surface area contributed by atoms with Crippen molar-refractivity contribution >= 4 is 46.6 Å². The fourth-order valence-electron chi connectivity index (χ4n) is 4.18. The number of nitrogens with zero attached hydrogens (tertiary/aromatic N) is 3. The van der Waals surface area contributed by atoms with Crippen LogP contribution in [0.1, 0.15) is 6.42 Å². The summed E-state index contributed by atoms with van der Waals surface area (Å²) in [5, 5.41) is 3.50. The molecule has 10 heteroatoms. The van der Waals surface area contributed by atoms with Crippen LogP contribution in [0.2, 0.25) is 10.0 Å². The SMILES string of the molecule is O=C1NCCN(C(=O)COc2ccc(Cl)cc2Cl)[C@@H]1CC(=O)N1CCN(c2ccccc2)CC1. The first kappa shape index (κ1) is 24.2. The summed E-state index contributed by atoms with van der Waals surface area (Å²) >= 11 is 12.0. The second kappa shape index (κ2) is 11.0. The second-order valence-electron chi connectivity index (χ2n) is 8.16. The Hall–Kier alpha value is -2.97. The van der Waals surface area contributed by atoms with Crippen molar-refractivity contribution in [3.63, 3.8) is 0 Å². The quantitative estimate of drug-likeness (QED) is 0.653. The van der Waals surface area contributed by atoms with Crippen LogP contribution >= 0.6 is 23.2 Å². The monoisotopic (exact) mass is 504 g/mol. The Morgan fingerprint density at radius 1 is 0.971 bits per heavy atom. The molecule has 1 N–H and O–H groups in total. The molecule has 0 saturated carbocycles. The average Bonchev–Trinajstić information content (AvgIpc) is 2.85.